The first-order chi connectivity index (χ1) is 9.36. The lowest BCUT2D eigenvalue weighted by atomic mass is 9.82. The first kappa shape index (κ1) is 11.3. The van der Waals surface area contributed by atoms with E-state index in [1.54, 1.807) is 7.11 Å². The minimum Gasteiger partial charge on any atom is -0.497 e. The summed E-state index contributed by atoms with van der Waals surface area (Å²) in [6.45, 7) is 0. The molecule has 0 aromatic heterocycles. The van der Waals surface area contributed by atoms with Crippen molar-refractivity contribution in [3.05, 3.63) is 29.8 Å². The molecule has 4 atom stereocenters. The van der Waals surface area contributed by atoms with E-state index in [4.69, 9.17) is 14.3 Å². The van der Waals surface area contributed by atoms with Crippen LogP contribution in [0.25, 0.3) is 0 Å². The van der Waals surface area contributed by atoms with Gasteiger partial charge in [0.25, 0.3) is 0 Å². The van der Waals surface area contributed by atoms with E-state index in [0.29, 0.717) is 5.92 Å². The Morgan fingerprint density at radius 2 is 1.95 bits per heavy atom. The quantitative estimate of drug-likeness (QED) is 0.819. The normalized spacial score (nSPS) is 35.5. The van der Waals surface area contributed by atoms with Crippen molar-refractivity contribution in [3.63, 3.8) is 0 Å². The van der Waals surface area contributed by atoms with Crippen LogP contribution in [0, 0.1) is 5.92 Å². The summed E-state index contributed by atoms with van der Waals surface area (Å²) in [6, 6.07) is 8.04. The molecular weight excluding hydrogens is 242 g/mol. The highest BCUT2D eigenvalue weighted by Crippen LogP contribution is 2.46. The third kappa shape index (κ3) is 1.66. The molecule has 1 aromatic carbocycles. The molecule has 1 aromatic rings. The topological polar surface area (TPSA) is 40.0 Å². The van der Waals surface area contributed by atoms with Crippen LogP contribution >= 0.6 is 0 Å². The molecule has 0 radical (unpaired) electrons. The summed E-state index contributed by atoms with van der Waals surface area (Å²) < 4.78 is 11.4. The van der Waals surface area contributed by atoms with E-state index in [1.165, 1.54) is 6.42 Å². The van der Waals surface area contributed by atoms with Crippen LogP contribution < -0.4 is 4.74 Å². The number of hydrogen-bond donors (Lipinski definition) is 0. The van der Waals surface area contributed by atoms with Gasteiger partial charge in [0, 0.05) is 0 Å². The fourth-order valence-electron chi connectivity index (χ4n) is 3.46. The molecule has 100 valence electrons. The number of hydrogen-bond acceptors (Lipinski definition) is 4. The number of rotatable bonds is 2. The SMILES string of the molecule is COc1ccc([C@@H]2O[C@H]3CCC[C@H]4ON=C2[C@@H]34)cc1. The zero-order valence-electron chi connectivity index (χ0n) is 10.9. The van der Waals surface area contributed by atoms with E-state index in [-0.39, 0.29) is 18.3 Å². The first-order valence-electron chi connectivity index (χ1n) is 6.90. The van der Waals surface area contributed by atoms with E-state index < -0.39 is 0 Å². The van der Waals surface area contributed by atoms with Crippen molar-refractivity contribution >= 4 is 5.71 Å². The van der Waals surface area contributed by atoms with Crippen LogP contribution in [0.2, 0.25) is 0 Å². The van der Waals surface area contributed by atoms with Gasteiger partial charge >= 0.3 is 0 Å². The molecule has 0 N–H and O–H groups in total. The summed E-state index contributed by atoms with van der Waals surface area (Å²) in [5.74, 6) is 1.24. The summed E-state index contributed by atoms with van der Waals surface area (Å²) in [5.41, 5.74) is 2.22. The summed E-state index contributed by atoms with van der Waals surface area (Å²) in [6.07, 6.45) is 3.89. The molecule has 1 saturated carbocycles. The second kappa shape index (κ2) is 4.23. The molecule has 0 spiro atoms. The molecule has 4 rings (SSSR count). The molecule has 1 saturated heterocycles. The van der Waals surface area contributed by atoms with E-state index >= 15 is 0 Å². The van der Waals surface area contributed by atoms with Crippen LogP contribution in [0.4, 0.5) is 0 Å². The standard InChI is InChI=1S/C15H17NO3/c1-17-10-7-5-9(6-8-10)15-14-13-11(18-15)3-2-4-12(13)19-16-14/h5-8,11-13,15H,2-4H2,1H3/t11-,12+,13-,15-/m0/s1. The Hall–Kier alpha value is -1.55. The van der Waals surface area contributed by atoms with Gasteiger partial charge in [0.15, 0.2) is 0 Å². The maximum absolute atomic E-state index is 6.21. The molecule has 2 heterocycles. The van der Waals surface area contributed by atoms with Gasteiger partial charge in [-0.2, -0.15) is 0 Å². The molecule has 0 bridgehead atoms. The van der Waals surface area contributed by atoms with Crippen molar-refractivity contribution in [3.8, 4) is 5.75 Å². The predicted molar refractivity (Wildman–Crippen MR) is 70.3 cm³/mol. The van der Waals surface area contributed by atoms with Crippen LogP contribution in [0.3, 0.4) is 0 Å². The molecule has 2 aliphatic heterocycles. The Morgan fingerprint density at radius 1 is 1.16 bits per heavy atom. The summed E-state index contributed by atoms with van der Waals surface area (Å²) in [7, 11) is 1.68. The lowest BCUT2D eigenvalue weighted by Crippen LogP contribution is -2.33. The van der Waals surface area contributed by atoms with E-state index in [2.05, 4.69) is 17.3 Å². The van der Waals surface area contributed by atoms with Gasteiger partial charge in [-0.3, -0.25) is 0 Å². The van der Waals surface area contributed by atoms with Crippen molar-refractivity contribution in [1.82, 2.24) is 0 Å². The van der Waals surface area contributed by atoms with Crippen LogP contribution in [0.1, 0.15) is 30.9 Å². The summed E-state index contributed by atoms with van der Waals surface area (Å²) in [4.78, 5) is 5.57. The van der Waals surface area contributed by atoms with Gasteiger partial charge in [-0.05, 0) is 37.0 Å². The Balaban J connectivity index is 1.65. The van der Waals surface area contributed by atoms with E-state index in [0.717, 1.165) is 29.9 Å². The van der Waals surface area contributed by atoms with Gasteiger partial charge in [0.1, 0.15) is 18.0 Å². The maximum Gasteiger partial charge on any atom is 0.138 e. The third-order valence-corrected chi connectivity index (χ3v) is 4.41. The van der Waals surface area contributed by atoms with Crippen molar-refractivity contribution in [1.29, 1.82) is 0 Å². The third-order valence-electron chi connectivity index (χ3n) is 4.41. The average molecular weight is 259 g/mol. The second-order valence-corrected chi connectivity index (χ2v) is 5.44. The fraction of sp³-hybridized carbons (Fsp3) is 0.533. The number of oxime groups is 1. The molecule has 4 nitrogen and oxygen atoms in total. The van der Waals surface area contributed by atoms with Gasteiger partial charge < -0.3 is 14.3 Å². The van der Waals surface area contributed by atoms with Crippen LogP contribution in [-0.4, -0.2) is 25.0 Å². The smallest absolute Gasteiger partial charge is 0.138 e. The predicted octanol–water partition coefficient (Wildman–Crippen LogP) is 2.69. The minimum atomic E-state index is -0.0380. The number of nitrogens with zero attached hydrogens (tertiary/aromatic N) is 1. The second-order valence-electron chi connectivity index (χ2n) is 5.44. The van der Waals surface area contributed by atoms with Crippen LogP contribution in [-0.2, 0) is 9.57 Å². The highest BCUT2D eigenvalue weighted by atomic mass is 16.7. The Morgan fingerprint density at radius 3 is 2.74 bits per heavy atom. The van der Waals surface area contributed by atoms with Gasteiger partial charge in [0.2, 0.25) is 0 Å². The van der Waals surface area contributed by atoms with Gasteiger partial charge in [-0.1, -0.05) is 17.3 Å². The largest absolute Gasteiger partial charge is 0.497 e. The molecule has 19 heavy (non-hydrogen) atoms. The fourth-order valence-corrected chi connectivity index (χ4v) is 3.46. The van der Waals surface area contributed by atoms with Crippen molar-refractivity contribution in [2.24, 2.45) is 11.1 Å². The number of methoxy groups -OCH3 is 1. The number of ether oxygens (including phenoxy) is 2. The molecule has 3 aliphatic rings. The van der Waals surface area contributed by atoms with Crippen molar-refractivity contribution in [2.75, 3.05) is 7.11 Å². The molecule has 0 amide bonds. The Bertz CT molecular complexity index is 511. The monoisotopic (exact) mass is 259 g/mol. The minimum absolute atomic E-state index is 0.0380. The summed E-state index contributed by atoms with van der Waals surface area (Å²) in [5, 5.41) is 4.30. The van der Waals surface area contributed by atoms with Crippen molar-refractivity contribution in [2.45, 2.75) is 37.6 Å². The van der Waals surface area contributed by atoms with Gasteiger partial charge in [0.05, 0.1) is 24.8 Å². The molecule has 0 unspecified atom stereocenters. The van der Waals surface area contributed by atoms with Gasteiger partial charge in [-0.25, -0.2) is 0 Å². The Labute approximate surface area is 112 Å². The Kier molecular flexibility index (Phi) is 2.52. The number of benzene rings is 1. The van der Waals surface area contributed by atoms with Crippen LogP contribution in [0.5, 0.6) is 5.75 Å². The van der Waals surface area contributed by atoms with Crippen LogP contribution in [0.15, 0.2) is 29.4 Å². The summed E-state index contributed by atoms with van der Waals surface area (Å²) >= 11 is 0. The molecule has 4 heteroatoms. The van der Waals surface area contributed by atoms with Crippen molar-refractivity contribution < 1.29 is 14.3 Å². The molecule has 2 fully saturated rings. The lowest BCUT2D eigenvalue weighted by Gasteiger charge is -2.26. The highest BCUT2D eigenvalue weighted by Gasteiger charge is 2.52. The molecular formula is C15H17NO3. The zero-order valence-corrected chi connectivity index (χ0v) is 10.9. The van der Waals surface area contributed by atoms with E-state index in [9.17, 15) is 0 Å². The highest BCUT2D eigenvalue weighted by molar-refractivity contribution is 5.95. The zero-order chi connectivity index (χ0) is 12.8. The first-order valence-corrected chi connectivity index (χ1v) is 6.90. The van der Waals surface area contributed by atoms with Gasteiger partial charge in [-0.15, -0.1) is 0 Å². The molecule has 1 aliphatic carbocycles. The maximum atomic E-state index is 6.21. The van der Waals surface area contributed by atoms with E-state index in [1.807, 2.05) is 12.1 Å². The lowest BCUT2D eigenvalue weighted by molar-refractivity contribution is -0.0468. The average Bonchev–Trinajstić information content (AvgIpc) is 3.05.